The lowest BCUT2D eigenvalue weighted by Gasteiger charge is -2.02. The molecule has 0 unspecified atom stereocenters. The van der Waals surface area contributed by atoms with Crippen LogP contribution in [0.1, 0.15) is 28.7 Å². The summed E-state index contributed by atoms with van der Waals surface area (Å²) in [4.78, 5) is 15.5. The highest BCUT2D eigenvalue weighted by Gasteiger charge is 2.13. The van der Waals surface area contributed by atoms with Crippen molar-refractivity contribution in [1.29, 1.82) is 0 Å². The summed E-state index contributed by atoms with van der Waals surface area (Å²) >= 11 is 1.36. The second-order valence-electron chi connectivity index (χ2n) is 3.21. The van der Waals surface area contributed by atoms with Crippen LogP contribution in [0, 0.1) is 6.92 Å². The van der Waals surface area contributed by atoms with E-state index in [0.717, 1.165) is 24.4 Å². The number of aromatic nitrogens is 1. The predicted octanol–water partition coefficient (Wildman–Crippen LogP) is 1.99. The lowest BCUT2D eigenvalue weighted by Crippen LogP contribution is -2.06. The molecule has 1 rings (SSSR count). The van der Waals surface area contributed by atoms with Crippen LogP contribution >= 0.6 is 11.3 Å². The molecule has 0 spiro atoms. The van der Waals surface area contributed by atoms with Crippen LogP contribution in [-0.2, 0) is 4.74 Å². The van der Waals surface area contributed by atoms with Crippen molar-refractivity contribution >= 4 is 22.4 Å². The van der Waals surface area contributed by atoms with Crippen molar-refractivity contribution in [1.82, 2.24) is 4.98 Å². The van der Waals surface area contributed by atoms with Gasteiger partial charge in [0.1, 0.15) is 0 Å². The summed E-state index contributed by atoms with van der Waals surface area (Å²) in [6.07, 6.45) is 0.884. The number of hydrogen-bond acceptors (Lipinski definition) is 5. The molecule has 0 saturated heterocycles. The van der Waals surface area contributed by atoms with Gasteiger partial charge >= 0.3 is 5.97 Å². The highest BCUT2D eigenvalue weighted by Crippen LogP contribution is 2.21. The standard InChI is InChI=1S/C10H16N2O3S/c1-3-15-6-4-5-11-10-12-8(9(13)14)7(2)16-10/h3-6H2,1-2H3,(H,11,12)(H,13,14). The molecular formula is C10H16N2O3S. The van der Waals surface area contributed by atoms with Gasteiger partial charge in [0, 0.05) is 24.6 Å². The summed E-state index contributed by atoms with van der Waals surface area (Å²) in [6, 6.07) is 0. The van der Waals surface area contributed by atoms with Crippen LogP contribution in [0.4, 0.5) is 5.13 Å². The third-order valence-corrected chi connectivity index (χ3v) is 2.87. The smallest absolute Gasteiger partial charge is 0.355 e. The Bertz CT molecular complexity index is 352. The molecule has 0 bridgehead atoms. The van der Waals surface area contributed by atoms with Gasteiger partial charge in [0.15, 0.2) is 10.8 Å². The van der Waals surface area contributed by atoms with E-state index < -0.39 is 5.97 Å². The van der Waals surface area contributed by atoms with Crippen LogP contribution in [0.2, 0.25) is 0 Å². The second kappa shape index (κ2) is 6.44. The summed E-state index contributed by atoms with van der Waals surface area (Å²) in [5.74, 6) is -0.976. The summed E-state index contributed by atoms with van der Waals surface area (Å²) in [6.45, 7) is 5.88. The van der Waals surface area contributed by atoms with Crippen LogP contribution < -0.4 is 5.32 Å². The van der Waals surface area contributed by atoms with Crippen molar-refractivity contribution in [3.63, 3.8) is 0 Å². The third kappa shape index (κ3) is 3.79. The number of aryl methyl sites for hydroxylation is 1. The molecule has 0 fully saturated rings. The number of carboxylic acids is 1. The molecule has 5 nitrogen and oxygen atoms in total. The van der Waals surface area contributed by atoms with E-state index in [4.69, 9.17) is 9.84 Å². The summed E-state index contributed by atoms with van der Waals surface area (Å²) in [7, 11) is 0. The highest BCUT2D eigenvalue weighted by atomic mass is 32.1. The number of nitrogens with one attached hydrogen (secondary N) is 1. The van der Waals surface area contributed by atoms with E-state index in [2.05, 4.69) is 10.3 Å². The molecule has 6 heteroatoms. The maximum Gasteiger partial charge on any atom is 0.355 e. The Balaban J connectivity index is 2.37. The fraction of sp³-hybridized carbons (Fsp3) is 0.600. The SMILES string of the molecule is CCOCCCNc1nc(C(=O)O)c(C)s1. The summed E-state index contributed by atoms with van der Waals surface area (Å²) in [5.41, 5.74) is 0.136. The van der Waals surface area contributed by atoms with Gasteiger partial charge in [0.2, 0.25) is 0 Å². The number of thiazole rings is 1. The van der Waals surface area contributed by atoms with Crippen LogP contribution in [0.5, 0.6) is 0 Å². The summed E-state index contributed by atoms with van der Waals surface area (Å²) in [5, 5.41) is 12.6. The number of hydrogen-bond donors (Lipinski definition) is 2. The molecule has 0 aliphatic rings. The van der Waals surface area contributed by atoms with Crippen molar-refractivity contribution < 1.29 is 14.6 Å². The van der Waals surface area contributed by atoms with Crippen LogP contribution in [0.25, 0.3) is 0 Å². The molecule has 1 aromatic heterocycles. The van der Waals surface area contributed by atoms with E-state index in [1.165, 1.54) is 11.3 Å². The lowest BCUT2D eigenvalue weighted by molar-refractivity contribution is 0.0690. The minimum atomic E-state index is -0.976. The minimum Gasteiger partial charge on any atom is -0.476 e. The number of anilines is 1. The molecule has 0 amide bonds. The highest BCUT2D eigenvalue weighted by molar-refractivity contribution is 7.15. The predicted molar refractivity (Wildman–Crippen MR) is 63.4 cm³/mol. The molecular weight excluding hydrogens is 228 g/mol. The topological polar surface area (TPSA) is 71.5 Å². The van der Waals surface area contributed by atoms with Gasteiger partial charge in [-0.05, 0) is 20.3 Å². The average molecular weight is 244 g/mol. The van der Waals surface area contributed by atoms with E-state index in [-0.39, 0.29) is 5.69 Å². The largest absolute Gasteiger partial charge is 0.476 e. The van der Waals surface area contributed by atoms with E-state index in [1.807, 2.05) is 6.92 Å². The van der Waals surface area contributed by atoms with Gasteiger partial charge in [-0.1, -0.05) is 0 Å². The van der Waals surface area contributed by atoms with Gasteiger partial charge in [-0.3, -0.25) is 0 Å². The van der Waals surface area contributed by atoms with Crippen molar-refractivity contribution in [3.05, 3.63) is 10.6 Å². The Morgan fingerprint density at radius 2 is 2.38 bits per heavy atom. The quantitative estimate of drug-likeness (QED) is 0.718. The Kier molecular flexibility index (Phi) is 5.21. The summed E-state index contributed by atoms with van der Waals surface area (Å²) < 4.78 is 5.19. The number of carbonyl (C=O) groups is 1. The maximum atomic E-state index is 10.7. The number of nitrogens with zero attached hydrogens (tertiary/aromatic N) is 1. The number of aromatic carboxylic acids is 1. The number of ether oxygens (including phenoxy) is 1. The van der Waals surface area contributed by atoms with Crippen molar-refractivity contribution in [3.8, 4) is 0 Å². The van der Waals surface area contributed by atoms with E-state index >= 15 is 0 Å². The first-order valence-corrected chi connectivity index (χ1v) is 5.99. The van der Waals surface area contributed by atoms with Gasteiger partial charge in [-0.15, -0.1) is 11.3 Å². The Labute approximate surface area is 98.5 Å². The Hall–Kier alpha value is -1.14. The molecule has 1 heterocycles. The first kappa shape index (κ1) is 12.9. The molecule has 0 aromatic carbocycles. The molecule has 1 aromatic rings. The zero-order chi connectivity index (χ0) is 12.0. The second-order valence-corrected chi connectivity index (χ2v) is 4.41. The van der Waals surface area contributed by atoms with Gasteiger partial charge < -0.3 is 15.2 Å². The molecule has 0 radical (unpaired) electrons. The van der Waals surface area contributed by atoms with Gasteiger partial charge in [0.25, 0.3) is 0 Å². The van der Waals surface area contributed by atoms with E-state index in [9.17, 15) is 4.79 Å². The molecule has 0 aliphatic carbocycles. The first-order valence-electron chi connectivity index (χ1n) is 5.17. The maximum absolute atomic E-state index is 10.7. The molecule has 0 saturated carbocycles. The molecule has 90 valence electrons. The first-order chi connectivity index (χ1) is 7.65. The zero-order valence-corrected chi connectivity index (χ0v) is 10.3. The lowest BCUT2D eigenvalue weighted by atomic mass is 10.4. The molecule has 2 N–H and O–H groups in total. The fourth-order valence-corrected chi connectivity index (χ4v) is 2.02. The Morgan fingerprint density at radius 3 is 2.94 bits per heavy atom. The molecule has 0 aliphatic heterocycles. The third-order valence-electron chi connectivity index (χ3n) is 1.94. The van der Waals surface area contributed by atoms with Crippen molar-refractivity contribution in [2.45, 2.75) is 20.3 Å². The van der Waals surface area contributed by atoms with Crippen LogP contribution in [-0.4, -0.2) is 35.8 Å². The molecule has 0 atom stereocenters. The van der Waals surface area contributed by atoms with Crippen molar-refractivity contribution in [2.75, 3.05) is 25.1 Å². The average Bonchev–Trinajstić information content (AvgIpc) is 2.59. The van der Waals surface area contributed by atoms with Gasteiger partial charge in [-0.2, -0.15) is 0 Å². The van der Waals surface area contributed by atoms with Crippen LogP contribution in [0.3, 0.4) is 0 Å². The minimum absolute atomic E-state index is 0.136. The Morgan fingerprint density at radius 1 is 1.62 bits per heavy atom. The number of carboxylic acid groups (broad SMARTS) is 1. The van der Waals surface area contributed by atoms with Crippen molar-refractivity contribution in [2.24, 2.45) is 0 Å². The normalized spacial score (nSPS) is 10.4. The van der Waals surface area contributed by atoms with Gasteiger partial charge in [-0.25, -0.2) is 9.78 Å². The van der Waals surface area contributed by atoms with E-state index in [1.54, 1.807) is 6.92 Å². The number of rotatable bonds is 7. The van der Waals surface area contributed by atoms with Gasteiger partial charge in [0.05, 0.1) is 0 Å². The fourth-order valence-electron chi connectivity index (χ4n) is 1.18. The van der Waals surface area contributed by atoms with E-state index in [0.29, 0.717) is 11.7 Å². The van der Waals surface area contributed by atoms with Crippen LogP contribution in [0.15, 0.2) is 0 Å². The zero-order valence-electron chi connectivity index (χ0n) is 9.45. The monoisotopic (exact) mass is 244 g/mol. The molecule has 16 heavy (non-hydrogen) atoms.